The van der Waals surface area contributed by atoms with Crippen LogP contribution in [0, 0.1) is 5.82 Å². The highest BCUT2D eigenvalue weighted by atomic mass is 32.1. The van der Waals surface area contributed by atoms with Crippen LogP contribution in [-0.4, -0.2) is 35.6 Å². The van der Waals surface area contributed by atoms with Crippen LogP contribution in [0.2, 0.25) is 0 Å². The van der Waals surface area contributed by atoms with E-state index >= 15 is 0 Å². The number of hydrogen-bond acceptors (Lipinski definition) is 2. The minimum atomic E-state index is -0.374. The van der Waals surface area contributed by atoms with E-state index in [4.69, 9.17) is 12.2 Å². The molecule has 0 aromatic heterocycles. The van der Waals surface area contributed by atoms with Crippen LogP contribution in [0.1, 0.15) is 12.8 Å². The van der Waals surface area contributed by atoms with Crippen molar-refractivity contribution in [3.8, 4) is 0 Å². The van der Waals surface area contributed by atoms with Crippen LogP contribution in [0.5, 0.6) is 0 Å². The number of halogens is 1. The van der Waals surface area contributed by atoms with E-state index in [0.29, 0.717) is 16.8 Å². The predicted molar refractivity (Wildman–Crippen MR) is 76.4 cm³/mol. The Morgan fingerprint density at radius 2 is 2.16 bits per heavy atom. The third kappa shape index (κ3) is 4.17. The molecule has 1 amide bonds. The fourth-order valence-electron chi connectivity index (χ4n) is 1.56. The molecule has 6 heteroatoms. The van der Waals surface area contributed by atoms with Gasteiger partial charge in [-0.05, 0) is 37.2 Å². The molecular weight excluding hydrogens is 265 g/mol. The standard InChI is InChI=1S/C13H16FN3OS/c1-17(8-12(18)15-9-6-7-9)13(19)16-11-5-3-2-4-10(11)14/h2-5,9H,6-8H2,1H3,(H,15,18)(H,16,19). The van der Waals surface area contributed by atoms with Crippen molar-refractivity contribution in [1.29, 1.82) is 0 Å². The maximum atomic E-state index is 13.4. The Bertz CT molecular complexity index is 491. The maximum absolute atomic E-state index is 13.4. The van der Waals surface area contributed by atoms with Gasteiger partial charge in [0.05, 0.1) is 12.2 Å². The van der Waals surface area contributed by atoms with E-state index in [0.717, 1.165) is 12.8 Å². The monoisotopic (exact) mass is 281 g/mol. The van der Waals surface area contributed by atoms with Gasteiger partial charge in [-0.15, -0.1) is 0 Å². The van der Waals surface area contributed by atoms with E-state index in [1.54, 1.807) is 30.1 Å². The molecule has 0 spiro atoms. The first-order valence-corrected chi connectivity index (χ1v) is 6.53. The SMILES string of the molecule is CN(CC(=O)NC1CC1)C(=S)Nc1ccccc1F. The first-order valence-electron chi connectivity index (χ1n) is 6.12. The molecule has 1 aliphatic rings. The van der Waals surface area contributed by atoms with Crippen molar-refractivity contribution >= 4 is 28.9 Å². The topological polar surface area (TPSA) is 44.4 Å². The highest BCUT2D eigenvalue weighted by Gasteiger charge is 2.23. The molecule has 1 aliphatic carbocycles. The number of benzene rings is 1. The Hall–Kier alpha value is -1.69. The molecule has 0 bridgehead atoms. The molecule has 1 aromatic rings. The Balaban J connectivity index is 1.84. The van der Waals surface area contributed by atoms with Gasteiger partial charge in [-0.2, -0.15) is 0 Å². The summed E-state index contributed by atoms with van der Waals surface area (Å²) in [5.41, 5.74) is 0.307. The molecule has 2 N–H and O–H groups in total. The van der Waals surface area contributed by atoms with Crippen molar-refractivity contribution in [2.24, 2.45) is 0 Å². The van der Waals surface area contributed by atoms with Crippen molar-refractivity contribution in [2.45, 2.75) is 18.9 Å². The fourth-order valence-corrected chi connectivity index (χ4v) is 1.74. The molecule has 1 saturated carbocycles. The number of carbonyl (C=O) groups excluding carboxylic acids is 1. The van der Waals surface area contributed by atoms with Crippen LogP contribution in [-0.2, 0) is 4.79 Å². The second-order valence-electron chi connectivity index (χ2n) is 4.61. The van der Waals surface area contributed by atoms with Gasteiger partial charge >= 0.3 is 0 Å². The number of nitrogens with zero attached hydrogens (tertiary/aromatic N) is 1. The number of rotatable bonds is 4. The van der Waals surface area contributed by atoms with Gasteiger partial charge in [-0.1, -0.05) is 12.1 Å². The minimum Gasteiger partial charge on any atom is -0.352 e. The second-order valence-corrected chi connectivity index (χ2v) is 4.99. The molecule has 19 heavy (non-hydrogen) atoms. The van der Waals surface area contributed by atoms with E-state index in [1.807, 2.05) is 0 Å². The largest absolute Gasteiger partial charge is 0.352 e. The lowest BCUT2D eigenvalue weighted by molar-refractivity contribution is -0.121. The van der Waals surface area contributed by atoms with Gasteiger partial charge in [0.2, 0.25) is 5.91 Å². The Morgan fingerprint density at radius 1 is 1.47 bits per heavy atom. The number of carbonyl (C=O) groups is 1. The highest BCUT2D eigenvalue weighted by Crippen LogP contribution is 2.18. The van der Waals surface area contributed by atoms with E-state index in [-0.39, 0.29) is 18.3 Å². The van der Waals surface area contributed by atoms with Crippen LogP contribution in [0.3, 0.4) is 0 Å². The predicted octanol–water partition coefficient (Wildman–Crippen LogP) is 1.73. The van der Waals surface area contributed by atoms with Crippen LogP contribution in [0.15, 0.2) is 24.3 Å². The van der Waals surface area contributed by atoms with Crippen LogP contribution >= 0.6 is 12.2 Å². The van der Waals surface area contributed by atoms with E-state index in [2.05, 4.69) is 10.6 Å². The summed E-state index contributed by atoms with van der Waals surface area (Å²) in [4.78, 5) is 13.2. The zero-order valence-corrected chi connectivity index (χ0v) is 11.5. The van der Waals surface area contributed by atoms with Crippen molar-refractivity contribution in [3.05, 3.63) is 30.1 Å². The first kappa shape index (κ1) is 13.7. The number of para-hydroxylation sites is 1. The van der Waals surface area contributed by atoms with Crippen LogP contribution in [0.25, 0.3) is 0 Å². The molecule has 0 saturated heterocycles. The van der Waals surface area contributed by atoms with Gasteiger partial charge in [-0.3, -0.25) is 4.79 Å². The molecule has 0 unspecified atom stereocenters. The van der Waals surface area contributed by atoms with Gasteiger partial charge in [0.1, 0.15) is 5.82 Å². The summed E-state index contributed by atoms with van der Waals surface area (Å²) in [5, 5.41) is 5.98. The molecular formula is C13H16FN3OS. The summed E-state index contributed by atoms with van der Waals surface area (Å²) >= 11 is 5.13. The molecule has 0 heterocycles. The minimum absolute atomic E-state index is 0.0670. The second kappa shape index (κ2) is 5.97. The van der Waals surface area contributed by atoms with Crippen LogP contribution < -0.4 is 10.6 Å². The summed E-state index contributed by atoms with van der Waals surface area (Å²) < 4.78 is 13.4. The molecule has 1 aromatic carbocycles. The smallest absolute Gasteiger partial charge is 0.239 e. The summed E-state index contributed by atoms with van der Waals surface area (Å²) in [6, 6.07) is 6.60. The summed E-state index contributed by atoms with van der Waals surface area (Å²) in [6.45, 7) is 0.163. The number of amides is 1. The third-order valence-corrected chi connectivity index (χ3v) is 3.20. The summed E-state index contributed by atoms with van der Waals surface area (Å²) in [7, 11) is 1.70. The highest BCUT2D eigenvalue weighted by molar-refractivity contribution is 7.80. The molecule has 102 valence electrons. The van der Waals surface area contributed by atoms with E-state index in [9.17, 15) is 9.18 Å². The lowest BCUT2D eigenvalue weighted by Gasteiger charge is -2.20. The number of hydrogen-bond donors (Lipinski definition) is 2. The third-order valence-electron chi connectivity index (χ3n) is 2.79. The van der Waals surface area contributed by atoms with Crippen molar-refractivity contribution < 1.29 is 9.18 Å². The maximum Gasteiger partial charge on any atom is 0.239 e. The average molecular weight is 281 g/mol. The van der Waals surface area contributed by atoms with E-state index in [1.165, 1.54) is 6.07 Å². The average Bonchev–Trinajstić information content (AvgIpc) is 3.15. The van der Waals surface area contributed by atoms with Crippen molar-refractivity contribution in [2.75, 3.05) is 18.9 Å². The molecule has 2 rings (SSSR count). The lowest BCUT2D eigenvalue weighted by Crippen LogP contribution is -2.40. The lowest BCUT2D eigenvalue weighted by atomic mass is 10.3. The number of nitrogens with one attached hydrogen (secondary N) is 2. The van der Waals surface area contributed by atoms with Crippen molar-refractivity contribution in [1.82, 2.24) is 10.2 Å². The molecule has 0 aliphatic heterocycles. The van der Waals surface area contributed by atoms with Gasteiger partial charge in [0.25, 0.3) is 0 Å². The normalized spacial score (nSPS) is 13.8. The molecule has 1 fully saturated rings. The summed E-state index contributed by atoms with van der Waals surface area (Å²) in [6.07, 6.45) is 2.10. The Kier molecular flexibility index (Phi) is 4.31. The Labute approximate surface area is 117 Å². The zero-order chi connectivity index (χ0) is 13.8. The van der Waals surface area contributed by atoms with Gasteiger partial charge in [0, 0.05) is 13.1 Å². The number of likely N-dealkylation sites (N-methyl/N-ethyl adjacent to an activating group) is 1. The van der Waals surface area contributed by atoms with Gasteiger partial charge in [0.15, 0.2) is 5.11 Å². The first-order chi connectivity index (χ1) is 9.06. The molecule has 0 atom stereocenters. The Morgan fingerprint density at radius 3 is 2.79 bits per heavy atom. The summed E-state index contributed by atoms with van der Waals surface area (Å²) in [5.74, 6) is -0.441. The number of thiocarbonyl (C=S) groups is 1. The fraction of sp³-hybridized carbons (Fsp3) is 0.385. The number of anilines is 1. The zero-order valence-electron chi connectivity index (χ0n) is 10.6. The van der Waals surface area contributed by atoms with E-state index < -0.39 is 0 Å². The van der Waals surface area contributed by atoms with Crippen molar-refractivity contribution in [3.63, 3.8) is 0 Å². The van der Waals surface area contributed by atoms with Gasteiger partial charge < -0.3 is 15.5 Å². The van der Waals surface area contributed by atoms with Crippen LogP contribution in [0.4, 0.5) is 10.1 Å². The van der Waals surface area contributed by atoms with Gasteiger partial charge in [-0.25, -0.2) is 4.39 Å². The quantitative estimate of drug-likeness (QED) is 0.825. The molecule has 4 nitrogen and oxygen atoms in total. The molecule has 0 radical (unpaired) electrons.